The molecule has 0 saturated heterocycles. The third-order valence-corrected chi connectivity index (χ3v) is 3.02. The smallest absolute Gasteiger partial charge is 0.326 e. The van der Waals surface area contributed by atoms with E-state index in [2.05, 4.69) is 10.6 Å². The summed E-state index contributed by atoms with van der Waals surface area (Å²) in [5, 5.41) is 13.8. The Morgan fingerprint density at radius 2 is 1.63 bits per heavy atom. The summed E-state index contributed by atoms with van der Waals surface area (Å²) in [4.78, 5) is 34.0. The second kappa shape index (κ2) is 7.60. The number of hydrogen-bond acceptors (Lipinski definition) is 3. The van der Waals surface area contributed by atoms with Gasteiger partial charge in [0.25, 0.3) is 0 Å². The van der Waals surface area contributed by atoms with Crippen LogP contribution in [0.25, 0.3) is 0 Å². The molecule has 7 heteroatoms. The van der Waals surface area contributed by atoms with E-state index in [0.717, 1.165) is 0 Å². The molecule has 0 heterocycles. The maximum atomic E-state index is 12.1. The fourth-order valence-corrected chi connectivity index (χ4v) is 1.61. The molecule has 0 aromatic heterocycles. The minimum Gasteiger partial charge on any atom is -0.480 e. The predicted molar refractivity (Wildman–Crippen MR) is 70.4 cm³/mol. The van der Waals surface area contributed by atoms with Crippen molar-refractivity contribution in [3.05, 3.63) is 0 Å². The Kier molecular flexibility index (Phi) is 6.89. The number of aliphatic carboxylic acids is 1. The zero-order chi connectivity index (χ0) is 15.2. The molecule has 0 saturated carbocycles. The van der Waals surface area contributed by atoms with Gasteiger partial charge in [-0.3, -0.25) is 4.79 Å². The fraction of sp³-hybridized carbons (Fsp3) is 0.750. The maximum Gasteiger partial charge on any atom is 0.326 e. The highest BCUT2D eigenvalue weighted by Gasteiger charge is 2.30. The van der Waals surface area contributed by atoms with Crippen LogP contribution in [-0.4, -0.2) is 35.1 Å². The Balaban J connectivity index is 4.89. The Hall–Kier alpha value is -1.79. The van der Waals surface area contributed by atoms with Crippen LogP contribution in [0.5, 0.6) is 0 Å². The quantitative estimate of drug-likeness (QED) is 0.532. The van der Waals surface area contributed by atoms with Gasteiger partial charge < -0.3 is 21.5 Å². The predicted octanol–water partition coefficient (Wildman–Crippen LogP) is 0.295. The van der Waals surface area contributed by atoms with Crippen molar-refractivity contribution in [2.75, 3.05) is 0 Å². The molecule has 19 heavy (non-hydrogen) atoms. The van der Waals surface area contributed by atoms with E-state index in [1.54, 1.807) is 20.8 Å². The standard InChI is InChI=1S/C12H23N3O4/c1-5-7(4)9(15-12(13)19)10(16)14-8(6(2)3)11(17)18/h6-9H,5H2,1-4H3,(H,14,16)(H,17,18)(H3,13,15,19)/t7?,8-,9?/m1/s1. The van der Waals surface area contributed by atoms with E-state index in [-0.39, 0.29) is 11.8 Å². The third-order valence-electron chi connectivity index (χ3n) is 3.02. The van der Waals surface area contributed by atoms with Gasteiger partial charge in [0.2, 0.25) is 5.91 Å². The van der Waals surface area contributed by atoms with Gasteiger partial charge in [0.05, 0.1) is 0 Å². The summed E-state index contributed by atoms with van der Waals surface area (Å²) in [5.41, 5.74) is 5.03. The van der Waals surface area contributed by atoms with Gasteiger partial charge in [0.1, 0.15) is 12.1 Å². The lowest BCUT2D eigenvalue weighted by molar-refractivity contribution is -0.143. The Labute approximate surface area is 112 Å². The van der Waals surface area contributed by atoms with Gasteiger partial charge in [-0.1, -0.05) is 34.1 Å². The van der Waals surface area contributed by atoms with Crippen molar-refractivity contribution < 1.29 is 19.5 Å². The van der Waals surface area contributed by atoms with Crippen LogP contribution in [0.4, 0.5) is 4.79 Å². The summed E-state index contributed by atoms with van der Waals surface area (Å²) in [7, 11) is 0. The number of carbonyl (C=O) groups excluding carboxylic acids is 2. The molecule has 0 aliphatic heterocycles. The lowest BCUT2D eigenvalue weighted by Gasteiger charge is -2.25. The lowest BCUT2D eigenvalue weighted by atomic mass is 9.97. The molecule has 0 spiro atoms. The van der Waals surface area contributed by atoms with Crippen LogP contribution in [0.3, 0.4) is 0 Å². The number of amides is 3. The van der Waals surface area contributed by atoms with Crippen LogP contribution < -0.4 is 16.4 Å². The molecule has 0 aromatic carbocycles. The first-order valence-electron chi connectivity index (χ1n) is 6.29. The van der Waals surface area contributed by atoms with Crippen LogP contribution in [0.2, 0.25) is 0 Å². The van der Waals surface area contributed by atoms with E-state index < -0.39 is 30.0 Å². The van der Waals surface area contributed by atoms with Crippen LogP contribution in [0.1, 0.15) is 34.1 Å². The molecule has 0 aliphatic rings. The minimum atomic E-state index is -1.11. The Morgan fingerprint density at radius 3 is 1.95 bits per heavy atom. The van der Waals surface area contributed by atoms with Crippen molar-refractivity contribution in [3.8, 4) is 0 Å². The first kappa shape index (κ1) is 17.2. The largest absolute Gasteiger partial charge is 0.480 e. The Morgan fingerprint density at radius 1 is 1.11 bits per heavy atom. The van der Waals surface area contributed by atoms with Gasteiger partial charge >= 0.3 is 12.0 Å². The molecule has 0 rings (SSSR count). The fourth-order valence-electron chi connectivity index (χ4n) is 1.61. The first-order valence-corrected chi connectivity index (χ1v) is 6.29. The molecule has 5 N–H and O–H groups in total. The van der Waals surface area contributed by atoms with E-state index in [1.807, 2.05) is 6.92 Å². The van der Waals surface area contributed by atoms with E-state index >= 15 is 0 Å². The summed E-state index contributed by atoms with van der Waals surface area (Å²) in [6, 6.07) is -2.63. The summed E-state index contributed by atoms with van der Waals surface area (Å²) in [5.74, 6) is -2.04. The maximum absolute atomic E-state index is 12.1. The summed E-state index contributed by atoms with van der Waals surface area (Å²) < 4.78 is 0. The number of carboxylic acid groups (broad SMARTS) is 1. The van der Waals surface area contributed by atoms with Crippen molar-refractivity contribution >= 4 is 17.9 Å². The van der Waals surface area contributed by atoms with Gasteiger partial charge in [-0.25, -0.2) is 9.59 Å². The van der Waals surface area contributed by atoms with E-state index in [1.165, 1.54) is 0 Å². The molecule has 0 radical (unpaired) electrons. The molecule has 0 bridgehead atoms. The highest BCUT2D eigenvalue weighted by Crippen LogP contribution is 2.09. The molecule has 2 unspecified atom stereocenters. The van der Waals surface area contributed by atoms with Gasteiger partial charge in [-0.05, 0) is 11.8 Å². The molecule has 0 aliphatic carbocycles. The first-order chi connectivity index (χ1) is 8.70. The average Bonchev–Trinajstić information content (AvgIpc) is 2.30. The van der Waals surface area contributed by atoms with Crippen LogP contribution in [0.15, 0.2) is 0 Å². The molecular weight excluding hydrogens is 250 g/mol. The highest BCUT2D eigenvalue weighted by molar-refractivity contribution is 5.90. The lowest BCUT2D eigenvalue weighted by Crippen LogP contribution is -2.56. The normalized spacial score (nSPS) is 15.4. The number of carbonyl (C=O) groups is 3. The SMILES string of the molecule is CCC(C)C(NC(N)=O)C(=O)N[C@@H](C(=O)O)C(C)C. The van der Waals surface area contributed by atoms with E-state index in [9.17, 15) is 14.4 Å². The van der Waals surface area contributed by atoms with Gasteiger partial charge in [0.15, 0.2) is 0 Å². The zero-order valence-electron chi connectivity index (χ0n) is 11.8. The van der Waals surface area contributed by atoms with Gasteiger partial charge in [0, 0.05) is 0 Å². The summed E-state index contributed by atoms with van der Waals surface area (Å²) in [6.45, 7) is 7.04. The number of rotatable bonds is 7. The number of nitrogens with one attached hydrogen (secondary N) is 2. The molecule has 0 fully saturated rings. The average molecular weight is 273 g/mol. The zero-order valence-corrected chi connectivity index (χ0v) is 11.8. The topological polar surface area (TPSA) is 122 Å². The van der Waals surface area contributed by atoms with E-state index in [4.69, 9.17) is 10.8 Å². The van der Waals surface area contributed by atoms with Crippen molar-refractivity contribution in [1.82, 2.24) is 10.6 Å². The minimum absolute atomic E-state index is 0.144. The monoisotopic (exact) mass is 273 g/mol. The van der Waals surface area contributed by atoms with E-state index in [0.29, 0.717) is 6.42 Å². The molecule has 3 amide bonds. The van der Waals surface area contributed by atoms with Crippen molar-refractivity contribution in [2.24, 2.45) is 17.6 Å². The molecule has 3 atom stereocenters. The van der Waals surface area contributed by atoms with Crippen molar-refractivity contribution in [1.29, 1.82) is 0 Å². The van der Waals surface area contributed by atoms with Gasteiger partial charge in [-0.15, -0.1) is 0 Å². The Bertz CT molecular complexity index is 344. The van der Waals surface area contributed by atoms with Gasteiger partial charge in [-0.2, -0.15) is 0 Å². The number of primary amides is 1. The number of nitrogens with two attached hydrogens (primary N) is 1. The third kappa shape index (κ3) is 5.58. The van der Waals surface area contributed by atoms with Crippen molar-refractivity contribution in [3.63, 3.8) is 0 Å². The second-order valence-corrected chi connectivity index (χ2v) is 4.94. The summed E-state index contributed by atoms with van der Waals surface area (Å²) in [6.07, 6.45) is 0.651. The summed E-state index contributed by atoms with van der Waals surface area (Å²) >= 11 is 0. The molecule has 110 valence electrons. The molecular formula is C12H23N3O4. The highest BCUT2D eigenvalue weighted by atomic mass is 16.4. The number of urea groups is 1. The number of carboxylic acids is 1. The molecule has 0 aromatic rings. The van der Waals surface area contributed by atoms with Crippen LogP contribution in [0, 0.1) is 11.8 Å². The van der Waals surface area contributed by atoms with Crippen LogP contribution in [-0.2, 0) is 9.59 Å². The molecule has 7 nitrogen and oxygen atoms in total. The second-order valence-electron chi connectivity index (χ2n) is 4.94. The van der Waals surface area contributed by atoms with Crippen molar-refractivity contribution in [2.45, 2.75) is 46.2 Å². The van der Waals surface area contributed by atoms with Crippen LogP contribution >= 0.6 is 0 Å². The number of hydrogen-bond donors (Lipinski definition) is 4.